The predicted octanol–water partition coefficient (Wildman–Crippen LogP) is 4.72. The molecule has 180 valence electrons. The lowest BCUT2D eigenvalue weighted by molar-refractivity contribution is -0.174. The summed E-state index contributed by atoms with van der Waals surface area (Å²) in [6.45, 7) is 6.38. The molecule has 0 radical (unpaired) electrons. The molecule has 1 N–H and O–H groups in total. The number of fused-ring (bicyclic) bond motifs is 1. The molecule has 4 heterocycles. The van der Waals surface area contributed by atoms with E-state index in [1.54, 1.807) is 17.0 Å². The van der Waals surface area contributed by atoms with Crippen molar-refractivity contribution in [3.63, 3.8) is 0 Å². The van der Waals surface area contributed by atoms with E-state index >= 15 is 0 Å². The lowest BCUT2D eigenvalue weighted by atomic mass is 10.0. The number of carbonyl (C=O) groups excluding carboxylic acids is 1. The van der Waals surface area contributed by atoms with Crippen LogP contribution in [0.15, 0.2) is 47.1 Å². The van der Waals surface area contributed by atoms with Gasteiger partial charge in [-0.1, -0.05) is 12.1 Å². The van der Waals surface area contributed by atoms with E-state index in [4.69, 9.17) is 4.42 Å². The molecule has 3 aromatic rings. The molecule has 0 spiro atoms. The van der Waals surface area contributed by atoms with E-state index in [9.17, 15) is 18.0 Å². The second-order valence-corrected chi connectivity index (χ2v) is 8.86. The van der Waals surface area contributed by atoms with Gasteiger partial charge < -0.3 is 19.5 Å². The number of nitrogens with one attached hydrogen (secondary N) is 1. The summed E-state index contributed by atoms with van der Waals surface area (Å²) >= 11 is 0. The normalized spacial score (nSPS) is 20.7. The SMILES string of the molecule is Cc1cccc(N2CCN(C(=O)c3cc4n(n3)[C@@H](C(F)(F)F)C[C@@H](c3ccco3)N4)CC2)c1C. The molecule has 1 fully saturated rings. The van der Waals surface area contributed by atoms with Gasteiger partial charge in [0.1, 0.15) is 11.6 Å². The van der Waals surface area contributed by atoms with Crippen LogP contribution in [0.3, 0.4) is 0 Å². The number of aromatic nitrogens is 2. The average molecular weight is 473 g/mol. The number of carbonyl (C=O) groups is 1. The van der Waals surface area contributed by atoms with Crippen LogP contribution in [0, 0.1) is 13.8 Å². The van der Waals surface area contributed by atoms with Crippen LogP contribution in [0.1, 0.15) is 45.9 Å². The fourth-order valence-corrected chi connectivity index (χ4v) is 4.74. The molecular formula is C24H26F3N5O2. The molecule has 7 nitrogen and oxygen atoms in total. The summed E-state index contributed by atoms with van der Waals surface area (Å²) in [6, 6.07) is 8.34. The number of anilines is 2. The Kier molecular flexibility index (Phi) is 5.53. The number of piperazine rings is 1. The Morgan fingerprint density at radius 1 is 1.12 bits per heavy atom. The number of nitrogens with zero attached hydrogens (tertiary/aromatic N) is 4. The molecule has 1 aromatic carbocycles. The Morgan fingerprint density at radius 3 is 2.56 bits per heavy atom. The largest absolute Gasteiger partial charge is 0.467 e. The molecule has 0 bridgehead atoms. The molecule has 2 aliphatic rings. The summed E-state index contributed by atoms with van der Waals surface area (Å²) in [5, 5.41) is 7.14. The van der Waals surface area contributed by atoms with E-state index in [0.717, 1.165) is 10.4 Å². The van der Waals surface area contributed by atoms with Crippen molar-refractivity contribution in [3.05, 3.63) is 65.2 Å². The third-order valence-electron chi connectivity index (χ3n) is 6.78. The van der Waals surface area contributed by atoms with Crippen molar-refractivity contribution in [3.8, 4) is 0 Å². The zero-order valence-corrected chi connectivity index (χ0v) is 19.0. The van der Waals surface area contributed by atoms with Gasteiger partial charge in [0.2, 0.25) is 0 Å². The van der Waals surface area contributed by atoms with Crippen LogP contribution < -0.4 is 10.2 Å². The minimum Gasteiger partial charge on any atom is -0.467 e. The molecule has 2 aromatic heterocycles. The number of aryl methyl sites for hydroxylation is 1. The van der Waals surface area contributed by atoms with Crippen LogP contribution in [-0.2, 0) is 0 Å². The van der Waals surface area contributed by atoms with Gasteiger partial charge in [0, 0.05) is 44.4 Å². The third kappa shape index (κ3) is 4.01. The zero-order valence-electron chi connectivity index (χ0n) is 19.0. The Hall–Kier alpha value is -3.43. The summed E-state index contributed by atoms with van der Waals surface area (Å²) in [5.74, 6) is 0.212. The standard InChI is InChI=1S/C24H26F3N5O2/c1-15-5-3-6-19(16(15)2)30-8-10-31(11-9-30)23(33)18-14-22-28-17(20-7-4-12-34-20)13-21(24(25,26)27)32(22)29-18/h3-7,12,14,17,21,28H,8-11,13H2,1-2H3/t17-,21+/m0/s1. The summed E-state index contributed by atoms with van der Waals surface area (Å²) in [4.78, 5) is 17.0. The van der Waals surface area contributed by atoms with Gasteiger partial charge >= 0.3 is 6.18 Å². The van der Waals surface area contributed by atoms with Gasteiger partial charge in [-0.3, -0.25) is 4.79 Å². The van der Waals surface area contributed by atoms with Crippen LogP contribution >= 0.6 is 0 Å². The monoisotopic (exact) mass is 473 g/mol. The van der Waals surface area contributed by atoms with Crippen molar-refractivity contribution in [1.29, 1.82) is 0 Å². The van der Waals surface area contributed by atoms with Crippen molar-refractivity contribution in [2.75, 3.05) is 36.4 Å². The highest BCUT2D eigenvalue weighted by Crippen LogP contribution is 2.43. The van der Waals surface area contributed by atoms with Crippen molar-refractivity contribution in [2.45, 2.75) is 38.5 Å². The molecule has 1 saturated heterocycles. The molecule has 2 aliphatic heterocycles. The van der Waals surface area contributed by atoms with Gasteiger partial charge in [-0.15, -0.1) is 0 Å². The van der Waals surface area contributed by atoms with Crippen molar-refractivity contribution >= 4 is 17.4 Å². The highest BCUT2D eigenvalue weighted by Gasteiger charge is 2.47. The molecule has 0 aliphatic carbocycles. The third-order valence-corrected chi connectivity index (χ3v) is 6.78. The van der Waals surface area contributed by atoms with Crippen LogP contribution in [0.5, 0.6) is 0 Å². The molecule has 0 saturated carbocycles. The smallest absolute Gasteiger partial charge is 0.410 e. The number of benzene rings is 1. The number of alkyl halides is 3. The first-order valence-corrected chi connectivity index (χ1v) is 11.3. The molecule has 0 unspecified atom stereocenters. The van der Waals surface area contributed by atoms with E-state index < -0.39 is 18.3 Å². The van der Waals surface area contributed by atoms with Crippen LogP contribution in [0.4, 0.5) is 24.7 Å². The number of amides is 1. The van der Waals surface area contributed by atoms with Crippen molar-refractivity contribution in [1.82, 2.24) is 14.7 Å². The summed E-state index contributed by atoms with van der Waals surface area (Å²) in [6.07, 6.45) is -3.35. The number of rotatable bonds is 3. The second-order valence-electron chi connectivity index (χ2n) is 8.86. The van der Waals surface area contributed by atoms with Gasteiger partial charge in [-0.25, -0.2) is 4.68 Å². The molecule has 10 heteroatoms. The molecular weight excluding hydrogens is 447 g/mol. The molecule has 2 atom stereocenters. The second kappa shape index (κ2) is 8.41. The number of hydrogen-bond donors (Lipinski definition) is 1. The van der Waals surface area contributed by atoms with Gasteiger partial charge in [-0.05, 0) is 43.2 Å². The van der Waals surface area contributed by atoms with Crippen LogP contribution in [0.25, 0.3) is 0 Å². The topological polar surface area (TPSA) is 66.5 Å². The molecule has 1 amide bonds. The highest BCUT2D eigenvalue weighted by atomic mass is 19.4. The number of furan rings is 1. The minimum absolute atomic E-state index is 0.0111. The Morgan fingerprint density at radius 2 is 1.88 bits per heavy atom. The lowest BCUT2D eigenvalue weighted by Crippen LogP contribution is -2.49. The first-order valence-electron chi connectivity index (χ1n) is 11.3. The molecule has 34 heavy (non-hydrogen) atoms. The minimum atomic E-state index is -4.51. The van der Waals surface area contributed by atoms with E-state index in [0.29, 0.717) is 31.9 Å². The van der Waals surface area contributed by atoms with Gasteiger partial charge in [0.25, 0.3) is 5.91 Å². The maximum absolute atomic E-state index is 13.8. The first kappa shape index (κ1) is 22.4. The average Bonchev–Trinajstić information content (AvgIpc) is 3.49. The van der Waals surface area contributed by atoms with E-state index in [-0.39, 0.29) is 23.8 Å². The van der Waals surface area contributed by atoms with E-state index in [2.05, 4.69) is 41.3 Å². The fourth-order valence-electron chi connectivity index (χ4n) is 4.74. The van der Waals surface area contributed by atoms with Crippen LogP contribution in [0.2, 0.25) is 0 Å². The van der Waals surface area contributed by atoms with Gasteiger partial charge in [0.15, 0.2) is 11.7 Å². The fraction of sp³-hybridized carbons (Fsp3) is 0.417. The molecule has 5 rings (SSSR count). The van der Waals surface area contributed by atoms with Crippen molar-refractivity contribution < 1.29 is 22.4 Å². The van der Waals surface area contributed by atoms with E-state index in [1.165, 1.54) is 23.5 Å². The summed E-state index contributed by atoms with van der Waals surface area (Å²) in [7, 11) is 0. The highest BCUT2D eigenvalue weighted by molar-refractivity contribution is 5.93. The first-order chi connectivity index (χ1) is 16.2. The van der Waals surface area contributed by atoms with Gasteiger partial charge in [0.05, 0.1) is 12.3 Å². The predicted molar refractivity (Wildman–Crippen MR) is 121 cm³/mol. The lowest BCUT2D eigenvalue weighted by Gasteiger charge is -2.36. The number of hydrogen-bond acceptors (Lipinski definition) is 5. The van der Waals surface area contributed by atoms with Crippen LogP contribution in [-0.4, -0.2) is 52.9 Å². The van der Waals surface area contributed by atoms with Crippen molar-refractivity contribution in [2.24, 2.45) is 0 Å². The zero-order chi connectivity index (χ0) is 24.0. The van der Waals surface area contributed by atoms with E-state index in [1.807, 2.05) is 6.07 Å². The maximum Gasteiger partial charge on any atom is 0.410 e. The quantitative estimate of drug-likeness (QED) is 0.597. The summed E-state index contributed by atoms with van der Waals surface area (Å²) in [5.41, 5.74) is 3.57. The summed E-state index contributed by atoms with van der Waals surface area (Å²) < 4.78 is 47.7. The number of halogens is 3. The Balaban J connectivity index is 1.34. The Bertz CT molecular complexity index is 1180. The Labute approximate surface area is 195 Å². The maximum atomic E-state index is 13.8. The van der Waals surface area contributed by atoms with Gasteiger partial charge in [-0.2, -0.15) is 18.3 Å².